The largest absolute Gasteiger partial charge is 0.292 e. The molecule has 3 rings (SSSR count). The van der Waals surface area contributed by atoms with Gasteiger partial charge < -0.3 is 0 Å². The van der Waals surface area contributed by atoms with E-state index in [1.54, 1.807) is 10.9 Å². The second kappa shape index (κ2) is 5.19. The minimum absolute atomic E-state index is 0.110. The highest BCUT2D eigenvalue weighted by atomic mass is 16.1. The van der Waals surface area contributed by atoms with Crippen LogP contribution in [0.25, 0.3) is 0 Å². The van der Waals surface area contributed by atoms with E-state index >= 15 is 0 Å². The predicted molar refractivity (Wildman–Crippen MR) is 76.9 cm³/mol. The van der Waals surface area contributed by atoms with Crippen LogP contribution >= 0.6 is 0 Å². The maximum atomic E-state index is 12.9. The lowest BCUT2D eigenvalue weighted by molar-refractivity contribution is 0.0938. The summed E-state index contributed by atoms with van der Waals surface area (Å²) in [6.07, 6.45) is 4.75. The highest BCUT2D eigenvalue weighted by molar-refractivity contribution is 5.99. The maximum Gasteiger partial charge on any atom is 0.189 e. The third-order valence-electron chi connectivity index (χ3n) is 3.97. The molecule has 0 amide bonds. The van der Waals surface area contributed by atoms with Gasteiger partial charge in [-0.3, -0.25) is 14.5 Å². The summed E-state index contributed by atoms with van der Waals surface area (Å²) in [6.45, 7) is 4.66. The topological polar surface area (TPSA) is 47.8 Å². The number of carbonyl (C=O) groups is 1. The Morgan fingerprint density at radius 2 is 2.35 bits per heavy atom. The minimum Gasteiger partial charge on any atom is -0.292 e. The van der Waals surface area contributed by atoms with Gasteiger partial charge in [0.25, 0.3) is 0 Å². The molecule has 2 aromatic rings. The van der Waals surface area contributed by atoms with E-state index in [2.05, 4.69) is 16.1 Å². The molecule has 1 atom stereocenters. The van der Waals surface area contributed by atoms with Gasteiger partial charge in [-0.25, -0.2) is 0 Å². The van der Waals surface area contributed by atoms with Crippen molar-refractivity contribution in [3.05, 3.63) is 47.0 Å². The van der Waals surface area contributed by atoms with Crippen molar-refractivity contribution in [1.82, 2.24) is 14.8 Å². The molecular weight excluding hydrogens is 250 g/mol. The van der Waals surface area contributed by atoms with E-state index in [4.69, 9.17) is 0 Å². The molecule has 0 aliphatic heterocycles. The molecule has 4 nitrogen and oxygen atoms in total. The number of hydrogen-bond acceptors (Lipinski definition) is 3. The van der Waals surface area contributed by atoms with Crippen LogP contribution in [0.4, 0.5) is 0 Å². The lowest BCUT2D eigenvalue weighted by Gasteiger charge is -2.23. The van der Waals surface area contributed by atoms with Crippen LogP contribution in [0.15, 0.2) is 24.4 Å². The maximum absolute atomic E-state index is 12.9. The monoisotopic (exact) mass is 269 g/mol. The Hall–Kier alpha value is -1.97. The molecule has 1 aliphatic carbocycles. The molecule has 104 valence electrons. The van der Waals surface area contributed by atoms with Crippen molar-refractivity contribution in [3.8, 4) is 0 Å². The van der Waals surface area contributed by atoms with Crippen molar-refractivity contribution >= 4 is 5.78 Å². The average Bonchev–Trinajstić information content (AvgIpc) is 2.87. The Bertz CT molecular complexity index is 645. The molecule has 0 saturated heterocycles. The Kier molecular flexibility index (Phi) is 3.38. The molecule has 0 aromatic carbocycles. The van der Waals surface area contributed by atoms with Gasteiger partial charge in [-0.05, 0) is 50.8 Å². The number of aromatic nitrogens is 3. The standard InChI is InChI=1S/C16H19N3O/c1-3-19-14(10-11(2)18-19)16(20)13-8-4-6-12-7-5-9-17-15(12)13/h5,7,9-10,13H,3-4,6,8H2,1-2H3. The summed E-state index contributed by atoms with van der Waals surface area (Å²) in [5, 5.41) is 4.38. The molecule has 0 spiro atoms. The minimum atomic E-state index is -0.110. The molecule has 0 saturated carbocycles. The first-order valence-corrected chi connectivity index (χ1v) is 7.23. The molecule has 0 fully saturated rings. The molecular formula is C16H19N3O. The summed E-state index contributed by atoms with van der Waals surface area (Å²) in [6, 6.07) is 5.93. The lowest BCUT2D eigenvalue weighted by Crippen LogP contribution is -2.22. The van der Waals surface area contributed by atoms with Gasteiger partial charge in [0.05, 0.1) is 17.3 Å². The van der Waals surface area contributed by atoms with Crippen molar-refractivity contribution in [2.75, 3.05) is 0 Å². The normalized spacial score (nSPS) is 17.8. The van der Waals surface area contributed by atoms with Crippen LogP contribution in [0.1, 0.15) is 53.1 Å². The fraction of sp³-hybridized carbons (Fsp3) is 0.438. The second-order valence-electron chi connectivity index (χ2n) is 5.34. The van der Waals surface area contributed by atoms with E-state index in [-0.39, 0.29) is 11.7 Å². The number of pyridine rings is 1. The smallest absolute Gasteiger partial charge is 0.189 e. The predicted octanol–water partition coefficient (Wildman–Crippen LogP) is 2.91. The zero-order valence-electron chi connectivity index (χ0n) is 12.0. The lowest BCUT2D eigenvalue weighted by atomic mass is 9.83. The molecule has 2 heterocycles. The van der Waals surface area contributed by atoms with Crippen molar-refractivity contribution in [2.45, 2.75) is 45.6 Å². The van der Waals surface area contributed by atoms with Gasteiger partial charge in [0.15, 0.2) is 5.78 Å². The second-order valence-corrected chi connectivity index (χ2v) is 5.34. The summed E-state index contributed by atoms with van der Waals surface area (Å²) in [4.78, 5) is 17.3. The molecule has 0 N–H and O–H groups in total. The zero-order chi connectivity index (χ0) is 14.1. The van der Waals surface area contributed by atoms with Gasteiger partial charge in [-0.1, -0.05) is 6.07 Å². The Balaban J connectivity index is 1.99. The van der Waals surface area contributed by atoms with Crippen molar-refractivity contribution in [2.24, 2.45) is 0 Å². The highest BCUT2D eigenvalue weighted by Gasteiger charge is 2.30. The molecule has 0 bridgehead atoms. The van der Waals surface area contributed by atoms with Crippen LogP contribution in [0.2, 0.25) is 0 Å². The van der Waals surface area contributed by atoms with Crippen LogP contribution in [0.3, 0.4) is 0 Å². The van der Waals surface area contributed by atoms with Crippen LogP contribution in [0.5, 0.6) is 0 Å². The van der Waals surface area contributed by atoms with E-state index in [9.17, 15) is 4.79 Å². The number of carbonyl (C=O) groups excluding carboxylic acids is 1. The summed E-state index contributed by atoms with van der Waals surface area (Å²) in [5.41, 5.74) is 3.79. The van der Waals surface area contributed by atoms with E-state index in [1.165, 1.54) is 5.56 Å². The summed E-state index contributed by atoms with van der Waals surface area (Å²) >= 11 is 0. The first-order chi connectivity index (χ1) is 9.70. The van der Waals surface area contributed by atoms with E-state index in [0.717, 1.165) is 37.2 Å². The number of fused-ring (bicyclic) bond motifs is 1. The van der Waals surface area contributed by atoms with Crippen LogP contribution < -0.4 is 0 Å². The summed E-state index contributed by atoms with van der Waals surface area (Å²) in [5.74, 6) is 0.0495. The van der Waals surface area contributed by atoms with Crippen molar-refractivity contribution in [1.29, 1.82) is 0 Å². The molecule has 0 radical (unpaired) electrons. The molecule has 20 heavy (non-hydrogen) atoms. The highest BCUT2D eigenvalue weighted by Crippen LogP contribution is 2.32. The third kappa shape index (κ3) is 2.15. The quantitative estimate of drug-likeness (QED) is 0.805. The number of aryl methyl sites for hydroxylation is 3. The molecule has 4 heteroatoms. The molecule has 2 aromatic heterocycles. The van der Waals surface area contributed by atoms with E-state index in [1.807, 2.05) is 26.0 Å². The Morgan fingerprint density at radius 3 is 3.15 bits per heavy atom. The van der Waals surface area contributed by atoms with Gasteiger partial charge in [0.2, 0.25) is 0 Å². The van der Waals surface area contributed by atoms with Gasteiger partial charge >= 0.3 is 0 Å². The molecule has 1 aliphatic rings. The van der Waals surface area contributed by atoms with Crippen LogP contribution in [-0.4, -0.2) is 20.5 Å². The number of nitrogens with zero attached hydrogens (tertiary/aromatic N) is 3. The molecule has 1 unspecified atom stereocenters. The first-order valence-electron chi connectivity index (χ1n) is 7.23. The average molecular weight is 269 g/mol. The summed E-state index contributed by atoms with van der Waals surface area (Å²) in [7, 11) is 0. The first kappa shape index (κ1) is 13.0. The number of Topliss-reactive ketones (excluding diaryl/α,β-unsaturated/α-hetero) is 1. The summed E-state index contributed by atoms with van der Waals surface area (Å²) < 4.78 is 1.80. The van der Waals surface area contributed by atoms with Gasteiger partial charge in [-0.2, -0.15) is 5.10 Å². The van der Waals surface area contributed by atoms with E-state index < -0.39 is 0 Å². The van der Waals surface area contributed by atoms with Gasteiger partial charge in [0.1, 0.15) is 5.69 Å². The Morgan fingerprint density at radius 1 is 1.50 bits per heavy atom. The fourth-order valence-electron chi connectivity index (χ4n) is 3.03. The van der Waals surface area contributed by atoms with Crippen molar-refractivity contribution < 1.29 is 4.79 Å². The number of hydrogen-bond donors (Lipinski definition) is 0. The number of rotatable bonds is 3. The van der Waals surface area contributed by atoms with Gasteiger partial charge in [-0.15, -0.1) is 0 Å². The van der Waals surface area contributed by atoms with Crippen LogP contribution in [0, 0.1) is 6.92 Å². The van der Waals surface area contributed by atoms with Crippen molar-refractivity contribution in [3.63, 3.8) is 0 Å². The third-order valence-corrected chi connectivity index (χ3v) is 3.97. The zero-order valence-corrected chi connectivity index (χ0v) is 12.0. The SMILES string of the molecule is CCn1nc(C)cc1C(=O)C1CCCc2cccnc21. The number of ketones is 1. The Labute approximate surface area is 118 Å². The van der Waals surface area contributed by atoms with Gasteiger partial charge in [0, 0.05) is 12.7 Å². The van der Waals surface area contributed by atoms with Crippen LogP contribution in [-0.2, 0) is 13.0 Å². The van der Waals surface area contributed by atoms with E-state index in [0.29, 0.717) is 5.69 Å². The fourth-order valence-corrected chi connectivity index (χ4v) is 3.03.